The van der Waals surface area contributed by atoms with Crippen LogP contribution in [0.25, 0.3) is 0 Å². The molecule has 1 saturated heterocycles. The first-order chi connectivity index (χ1) is 11.5. The lowest BCUT2D eigenvalue weighted by Crippen LogP contribution is -2.49. The van der Waals surface area contributed by atoms with Crippen LogP contribution in [-0.2, 0) is 4.74 Å². The minimum atomic E-state index is -0.292. The number of piperazine rings is 1. The number of hydrogen-bond acceptors (Lipinski definition) is 6. The molecule has 1 aromatic rings. The molecule has 8 nitrogen and oxygen atoms in total. The third-order valence-electron chi connectivity index (χ3n) is 3.95. The van der Waals surface area contributed by atoms with Crippen LogP contribution in [-0.4, -0.2) is 65.7 Å². The highest BCUT2D eigenvalue weighted by Gasteiger charge is 2.24. The Bertz CT molecular complexity index is 573. The van der Waals surface area contributed by atoms with Crippen molar-refractivity contribution in [2.75, 3.05) is 37.7 Å². The van der Waals surface area contributed by atoms with Gasteiger partial charge >= 0.3 is 6.09 Å². The van der Waals surface area contributed by atoms with E-state index in [0.29, 0.717) is 44.4 Å². The minimum absolute atomic E-state index is 0.101. The third-order valence-corrected chi connectivity index (χ3v) is 3.95. The highest BCUT2D eigenvalue weighted by atomic mass is 16.6. The Hall–Kier alpha value is -2.38. The lowest BCUT2D eigenvalue weighted by Gasteiger charge is -2.34. The summed E-state index contributed by atoms with van der Waals surface area (Å²) < 4.78 is 5.00. The van der Waals surface area contributed by atoms with Gasteiger partial charge in [-0.3, -0.25) is 4.79 Å². The molecule has 0 aliphatic carbocycles. The van der Waals surface area contributed by atoms with Crippen LogP contribution in [0.5, 0.6) is 0 Å². The second kappa shape index (κ2) is 8.47. The molecule has 1 aromatic heterocycles. The second-order valence-corrected chi connectivity index (χ2v) is 5.70. The molecule has 0 saturated carbocycles. The van der Waals surface area contributed by atoms with Crippen molar-refractivity contribution in [2.24, 2.45) is 0 Å². The molecule has 1 N–H and O–H groups in total. The molecule has 24 heavy (non-hydrogen) atoms. The van der Waals surface area contributed by atoms with Crippen molar-refractivity contribution in [3.63, 3.8) is 0 Å². The Labute approximate surface area is 142 Å². The van der Waals surface area contributed by atoms with E-state index < -0.39 is 0 Å². The molecule has 0 radical (unpaired) electrons. The van der Waals surface area contributed by atoms with Gasteiger partial charge in [-0.25, -0.2) is 14.8 Å². The molecule has 1 aliphatic heterocycles. The zero-order valence-corrected chi connectivity index (χ0v) is 14.5. The molecule has 1 unspecified atom stereocenters. The van der Waals surface area contributed by atoms with Crippen LogP contribution in [0, 0.1) is 0 Å². The van der Waals surface area contributed by atoms with Crippen LogP contribution in [0.15, 0.2) is 12.3 Å². The zero-order valence-electron chi connectivity index (χ0n) is 14.5. The molecule has 0 aromatic carbocycles. The first kappa shape index (κ1) is 18.0. The van der Waals surface area contributed by atoms with Crippen LogP contribution < -0.4 is 10.2 Å². The van der Waals surface area contributed by atoms with E-state index in [4.69, 9.17) is 4.74 Å². The van der Waals surface area contributed by atoms with Gasteiger partial charge in [0.1, 0.15) is 5.69 Å². The Morgan fingerprint density at radius 3 is 2.62 bits per heavy atom. The summed E-state index contributed by atoms with van der Waals surface area (Å²) in [6, 6.07) is 1.71. The van der Waals surface area contributed by atoms with Crippen LogP contribution in [0.4, 0.5) is 10.7 Å². The first-order valence-electron chi connectivity index (χ1n) is 8.35. The Balaban J connectivity index is 1.97. The molecule has 1 atom stereocenters. The number of ether oxygens (including phenoxy) is 1. The number of aromatic nitrogens is 2. The summed E-state index contributed by atoms with van der Waals surface area (Å²) >= 11 is 0. The molecule has 1 aliphatic rings. The van der Waals surface area contributed by atoms with Gasteiger partial charge in [0.05, 0.1) is 6.61 Å². The van der Waals surface area contributed by atoms with Gasteiger partial charge in [0.2, 0.25) is 5.95 Å². The topological polar surface area (TPSA) is 87.7 Å². The summed E-state index contributed by atoms with van der Waals surface area (Å²) in [6.07, 6.45) is 2.16. The van der Waals surface area contributed by atoms with Crippen molar-refractivity contribution in [3.05, 3.63) is 18.0 Å². The Morgan fingerprint density at radius 2 is 2.00 bits per heavy atom. The molecule has 2 rings (SSSR count). The van der Waals surface area contributed by atoms with Crippen molar-refractivity contribution in [3.8, 4) is 0 Å². The smallest absolute Gasteiger partial charge is 0.409 e. The van der Waals surface area contributed by atoms with Crippen LogP contribution in [0.1, 0.15) is 37.7 Å². The first-order valence-corrected chi connectivity index (χ1v) is 8.35. The molecule has 0 bridgehead atoms. The predicted molar refractivity (Wildman–Crippen MR) is 90.1 cm³/mol. The van der Waals surface area contributed by atoms with Gasteiger partial charge in [-0.1, -0.05) is 6.92 Å². The van der Waals surface area contributed by atoms with Crippen molar-refractivity contribution >= 4 is 17.9 Å². The minimum Gasteiger partial charge on any atom is -0.450 e. The summed E-state index contributed by atoms with van der Waals surface area (Å²) in [4.78, 5) is 36.1. The third kappa shape index (κ3) is 4.56. The summed E-state index contributed by atoms with van der Waals surface area (Å²) in [5.41, 5.74) is 0.355. The lowest BCUT2D eigenvalue weighted by molar-refractivity contribution is 0.0934. The maximum absolute atomic E-state index is 12.2. The van der Waals surface area contributed by atoms with Crippen LogP contribution in [0.3, 0.4) is 0 Å². The highest BCUT2D eigenvalue weighted by Crippen LogP contribution is 2.12. The average Bonchev–Trinajstić information content (AvgIpc) is 2.62. The quantitative estimate of drug-likeness (QED) is 0.872. The monoisotopic (exact) mass is 335 g/mol. The van der Waals surface area contributed by atoms with Crippen molar-refractivity contribution < 1.29 is 14.3 Å². The fourth-order valence-corrected chi connectivity index (χ4v) is 2.33. The van der Waals surface area contributed by atoms with Crippen molar-refractivity contribution in [1.29, 1.82) is 0 Å². The molecule has 2 heterocycles. The van der Waals surface area contributed by atoms with Gasteiger partial charge in [-0.05, 0) is 26.3 Å². The molecule has 2 amide bonds. The van der Waals surface area contributed by atoms with E-state index in [-0.39, 0.29) is 18.0 Å². The summed E-state index contributed by atoms with van der Waals surface area (Å²) in [5, 5.41) is 2.89. The van der Waals surface area contributed by atoms with Crippen molar-refractivity contribution in [2.45, 2.75) is 33.2 Å². The molecule has 8 heteroatoms. The van der Waals surface area contributed by atoms with E-state index in [1.165, 1.54) is 0 Å². The molecule has 132 valence electrons. The zero-order chi connectivity index (χ0) is 17.5. The van der Waals surface area contributed by atoms with Gasteiger partial charge in [0, 0.05) is 38.4 Å². The standard InChI is InChI=1S/C16H25N5O3/c1-4-12(3)18-14(22)13-6-7-17-15(19-13)20-8-10-21(11-9-20)16(23)24-5-2/h6-7,12H,4-5,8-11H2,1-3H3,(H,18,22). The predicted octanol–water partition coefficient (Wildman–Crippen LogP) is 1.28. The van der Waals surface area contributed by atoms with E-state index in [1.807, 2.05) is 18.7 Å². The number of nitrogens with one attached hydrogen (secondary N) is 1. The second-order valence-electron chi connectivity index (χ2n) is 5.70. The van der Waals surface area contributed by atoms with E-state index in [2.05, 4.69) is 15.3 Å². The molecular weight excluding hydrogens is 310 g/mol. The number of amides is 2. The van der Waals surface area contributed by atoms with E-state index in [1.54, 1.807) is 24.1 Å². The van der Waals surface area contributed by atoms with Gasteiger partial charge in [-0.2, -0.15) is 0 Å². The molecular formula is C16H25N5O3. The van der Waals surface area contributed by atoms with E-state index in [9.17, 15) is 9.59 Å². The SMILES string of the molecule is CCOC(=O)N1CCN(c2nccc(C(=O)NC(C)CC)n2)CC1. The van der Waals surface area contributed by atoms with Gasteiger partial charge in [0.25, 0.3) is 5.91 Å². The normalized spacial score (nSPS) is 15.8. The Morgan fingerprint density at radius 1 is 1.29 bits per heavy atom. The number of carbonyl (C=O) groups excluding carboxylic acids is 2. The van der Waals surface area contributed by atoms with Crippen molar-refractivity contribution in [1.82, 2.24) is 20.2 Å². The Kier molecular flexibility index (Phi) is 6.34. The fraction of sp³-hybridized carbons (Fsp3) is 0.625. The number of rotatable bonds is 5. The van der Waals surface area contributed by atoms with Crippen LogP contribution in [0.2, 0.25) is 0 Å². The van der Waals surface area contributed by atoms with Crippen LogP contribution >= 0.6 is 0 Å². The highest BCUT2D eigenvalue weighted by molar-refractivity contribution is 5.92. The van der Waals surface area contributed by atoms with E-state index in [0.717, 1.165) is 6.42 Å². The fourth-order valence-electron chi connectivity index (χ4n) is 2.33. The summed E-state index contributed by atoms with van der Waals surface area (Å²) in [7, 11) is 0. The van der Waals surface area contributed by atoms with Gasteiger partial charge < -0.3 is 19.9 Å². The number of hydrogen-bond donors (Lipinski definition) is 1. The van der Waals surface area contributed by atoms with Gasteiger partial charge in [-0.15, -0.1) is 0 Å². The maximum atomic E-state index is 12.2. The summed E-state index contributed by atoms with van der Waals surface area (Å²) in [6.45, 7) is 8.43. The number of nitrogens with zero attached hydrogens (tertiary/aromatic N) is 4. The van der Waals surface area contributed by atoms with E-state index >= 15 is 0 Å². The lowest BCUT2D eigenvalue weighted by atomic mass is 10.2. The largest absolute Gasteiger partial charge is 0.450 e. The number of anilines is 1. The molecule has 0 spiro atoms. The molecule has 1 fully saturated rings. The maximum Gasteiger partial charge on any atom is 0.409 e. The van der Waals surface area contributed by atoms with Gasteiger partial charge in [0.15, 0.2) is 0 Å². The number of carbonyl (C=O) groups is 2. The average molecular weight is 335 g/mol. The summed E-state index contributed by atoms with van der Waals surface area (Å²) in [5.74, 6) is 0.313.